The molecular weight excluding hydrogens is 281 g/mol. The molecule has 1 heterocycles. The summed E-state index contributed by atoms with van der Waals surface area (Å²) in [5.41, 5.74) is 5.01. The van der Waals surface area contributed by atoms with Crippen LogP contribution in [-0.2, 0) is 5.41 Å². The second kappa shape index (κ2) is 4.31. The predicted octanol–water partition coefficient (Wildman–Crippen LogP) is 3.55. The smallest absolute Gasteiger partial charge is 0.455 e. The maximum absolute atomic E-state index is 13.3. The molecule has 0 saturated carbocycles. The molecule has 0 fully saturated rings. The maximum Gasteiger partial charge on any atom is 0.455 e. The Kier molecular flexibility index (Phi) is 3.24. The fourth-order valence-corrected chi connectivity index (χ4v) is 2.12. The Morgan fingerprint density at radius 2 is 1.80 bits per heavy atom. The zero-order chi connectivity index (χ0) is 15.3. The van der Waals surface area contributed by atoms with Gasteiger partial charge in [-0.05, 0) is 17.7 Å². The van der Waals surface area contributed by atoms with Gasteiger partial charge in [-0.3, -0.25) is 0 Å². The van der Waals surface area contributed by atoms with E-state index in [4.69, 9.17) is 10.5 Å². The van der Waals surface area contributed by atoms with Crippen LogP contribution in [0.15, 0.2) is 18.2 Å². The van der Waals surface area contributed by atoms with Gasteiger partial charge in [-0.25, -0.2) is 0 Å². The number of fused-ring (bicyclic) bond motifs is 1. The molecule has 1 atom stereocenters. The molecule has 1 aliphatic rings. The van der Waals surface area contributed by atoms with E-state index in [9.17, 15) is 22.0 Å². The summed E-state index contributed by atoms with van der Waals surface area (Å²) in [6.07, 6.45) is -5.68. The van der Waals surface area contributed by atoms with E-state index < -0.39 is 23.6 Å². The Labute approximate surface area is 112 Å². The molecule has 1 unspecified atom stereocenters. The van der Waals surface area contributed by atoms with Gasteiger partial charge in [0.2, 0.25) is 0 Å². The second-order valence-corrected chi connectivity index (χ2v) is 5.53. The van der Waals surface area contributed by atoms with Crippen molar-refractivity contribution < 1.29 is 26.7 Å². The Morgan fingerprint density at radius 3 is 2.35 bits per heavy atom. The fraction of sp³-hybridized carbons (Fsp3) is 0.538. The first-order valence-electron chi connectivity index (χ1n) is 5.94. The molecule has 7 heteroatoms. The summed E-state index contributed by atoms with van der Waals surface area (Å²) < 4.78 is 68.9. The number of alkyl halides is 5. The molecule has 0 radical (unpaired) electrons. The lowest BCUT2D eigenvalue weighted by Crippen LogP contribution is -2.45. The normalized spacial score (nSPS) is 19.4. The Bertz CT molecular complexity index is 524. The van der Waals surface area contributed by atoms with Crippen LogP contribution in [0.4, 0.5) is 22.0 Å². The third-order valence-corrected chi connectivity index (χ3v) is 3.45. The molecule has 20 heavy (non-hydrogen) atoms. The lowest BCUT2D eigenvalue weighted by Gasteiger charge is -2.26. The van der Waals surface area contributed by atoms with Gasteiger partial charge < -0.3 is 10.5 Å². The molecule has 2 rings (SSSR count). The molecule has 0 aromatic heterocycles. The molecule has 0 spiro atoms. The minimum atomic E-state index is -5.68. The highest BCUT2D eigenvalue weighted by atomic mass is 19.4. The van der Waals surface area contributed by atoms with Gasteiger partial charge in [0.1, 0.15) is 11.8 Å². The van der Waals surface area contributed by atoms with E-state index in [0.29, 0.717) is 17.9 Å². The molecule has 112 valence electrons. The van der Waals surface area contributed by atoms with Crippen LogP contribution in [-0.4, -0.2) is 18.7 Å². The van der Waals surface area contributed by atoms with E-state index in [2.05, 4.69) is 0 Å². The van der Waals surface area contributed by atoms with Crippen molar-refractivity contribution in [2.75, 3.05) is 6.61 Å². The number of hydrogen-bond acceptors (Lipinski definition) is 2. The lowest BCUT2D eigenvalue weighted by molar-refractivity contribution is -0.291. The molecule has 0 saturated heterocycles. The molecule has 1 aromatic carbocycles. The number of ether oxygens (including phenoxy) is 1. The second-order valence-electron chi connectivity index (χ2n) is 5.53. The van der Waals surface area contributed by atoms with Gasteiger partial charge in [0, 0.05) is 11.0 Å². The summed E-state index contributed by atoms with van der Waals surface area (Å²) in [5, 5.41) is 0. The summed E-state index contributed by atoms with van der Waals surface area (Å²) in [6, 6.07) is 1.35. The highest BCUT2D eigenvalue weighted by molar-refractivity contribution is 5.46. The van der Waals surface area contributed by atoms with Crippen LogP contribution >= 0.6 is 0 Å². The van der Waals surface area contributed by atoms with E-state index in [0.717, 1.165) is 6.07 Å². The number of benzene rings is 1. The molecule has 2 N–H and O–H groups in total. The van der Waals surface area contributed by atoms with Crippen LogP contribution in [0.3, 0.4) is 0 Å². The largest absolute Gasteiger partial charge is 0.492 e. The Hall–Kier alpha value is -1.37. The number of nitrogens with two attached hydrogens (primary N) is 1. The SMILES string of the molecule is CC1(C)COc2ccc(C(N)C(F)(F)C(F)(F)F)cc21. The standard InChI is InChI=1S/C13H14F5NO/c1-11(2)6-20-9-4-3-7(5-8(9)11)10(19)12(14,15)13(16,17)18/h3-5,10H,6,19H2,1-2H3. The van der Waals surface area contributed by atoms with Crippen molar-refractivity contribution in [3.05, 3.63) is 29.3 Å². The minimum Gasteiger partial charge on any atom is -0.492 e. The topological polar surface area (TPSA) is 35.2 Å². The summed E-state index contributed by atoms with van der Waals surface area (Å²) >= 11 is 0. The van der Waals surface area contributed by atoms with Crippen molar-refractivity contribution in [2.24, 2.45) is 5.73 Å². The first-order valence-corrected chi connectivity index (χ1v) is 5.94. The number of hydrogen-bond donors (Lipinski definition) is 1. The number of rotatable bonds is 2. The first-order chi connectivity index (χ1) is 8.97. The summed E-state index contributed by atoms with van der Waals surface area (Å²) in [7, 11) is 0. The third-order valence-electron chi connectivity index (χ3n) is 3.45. The van der Waals surface area contributed by atoms with E-state index in [-0.39, 0.29) is 5.56 Å². The fourth-order valence-electron chi connectivity index (χ4n) is 2.12. The average Bonchev–Trinajstić information content (AvgIpc) is 2.63. The van der Waals surface area contributed by atoms with Crippen molar-refractivity contribution in [2.45, 2.75) is 37.4 Å². The molecule has 1 aliphatic heterocycles. The van der Waals surface area contributed by atoms with Crippen molar-refractivity contribution in [3.8, 4) is 5.75 Å². The lowest BCUT2D eigenvalue weighted by atomic mass is 9.85. The highest BCUT2D eigenvalue weighted by Gasteiger charge is 2.61. The molecule has 2 nitrogen and oxygen atoms in total. The zero-order valence-corrected chi connectivity index (χ0v) is 10.9. The average molecular weight is 295 g/mol. The van der Waals surface area contributed by atoms with Crippen LogP contribution in [0.25, 0.3) is 0 Å². The molecule has 0 bridgehead atoms. The van der Waals surface area contributed by atoms with Crippen LogP contribution in [0.2, 0.25) is 0 Å². The Morgan fingerprint density at radius 1 is 1.20 bits per heavy atom. The van der Waals surface area contributed by atoms with E-state index >= 15 is 0 Å². The van der Waals surface area contributed by atoms with Crippen molar-refractivity contribution >= 4 is 0 Å². The molecule has 1 aromatic rings. The van der Waals surface area contributed by atoms with Crippen LogP contribution in [0.1, 0.15) is 31.0 Å². The minimum absolute atomic E-state index is 0.260. The van der Waals surface area contributed by atoms with Crippen molar-refractivity contribution in [1.29, 1.82) is 0 Å². The highest BCUT2D eigenvalue weighted by Crippen LogP contribution is 2.45. The Balaban J connectivity index is 2.41. The van der Waals surface area contributed by atoms with Gasteiger partial charge in [0.05, 0.1) is 6.61 Å². The summed E-state index contributed by atoms with van der Waals surface area (Å²) in [5.74, 6) is -4.49. The summed E-state index contributed by atoms with van der Waals surface area (Å²) in [6.45, 7) is 3.97. The van der Waals surface area contributed by atoms with Gasteiger partial charge in [0.15, 0.2) is 0 Å². The molecular formula is C13H14F5NO. The van der Waals surface area contributed by atoms with Gasteiger partial charge in [0.25, 0.3) is 0 Å². The number of halogens is 5. The molecule has 0 amide bonds. The van der Waals surface area contributed by atoms with E-state index in [1.165, 1.54) is 12.1 Å². The van der Waals surface area contributed by atoms with E-state index in [1.54, 1.807) is 0 Å². The summed E-state index contributed by atoms with van der Waals surface area (Å²) in [4.78, 5) is 0. The van der Waals surface area contributed by atoms with Gasteiger partial charge in [-0.15, -0.1) is 0 Å². The van der Waals surface area contributed by atoms with Crippen molar-refractivity contribution in [3.63, 3.8) is 0 Å². The quantitative estimate of drug-likeness (QED) is 0.847. The monoisotopic (exact) mass is 295 g/mol. The first kappa shape index (κ1) is 15.0. The zero-order valence-electron chi connectivity index (χ0n) is 10.9. The van der Waals surface area contributed by atoms with E-state index in [1.807, 2.05) is 13.8 Å². The van der Waals surface area contributed by atoms with Crippen LogP contribution < -0.4 is 10.5 Å². The van der Waals surface area contributed by atoms with Crippen LogP contribution in [0, 0.1) is 0 Å². The van der Waals surface area contributed by atoms with Crippen molar-refractivity contribution in [1.82, 2.24) is 0 Å². The van der Waals surface area contributed by atoms with Gasteiger partial charge in [-0.1, -0.05) is 19.9 Å². The third kappa shape index (κ3) is 2.24. The predicted molar refractivity (Wildman–Crippen MR) is 62.9 cm³/mol. The maximum atomic E-state index is 13.3. The molecule has 0 aliphatic carbocycles. The van der Waals surface area contributed by atoms with Gasteiger partial charge in [-0.2, -0.15) is 22.0 Å². The van der Waals surface area contributed by atoms with Crippen LogP contribution in [0.5, 0.6) is 5.75 Å². The van der Waals surface area contributed by atoms with Gasteiger partial charge >= 0.3 is 12.1 Å².